The predicted molar refractivity (Wildman–Crippen MR) is 104 cm³/mol. The number of benzene rings is 1. The van der Waals surface area contributed by atoms with Crippen molar-refractivity contribution in [1.29, 1.82) is 0 Å². The number of halogens is 1. The van der Waals surface area contributed by atoms with Gasteiger partial charge in [0.2, 0.25) is 0 Å². The number of carbonyl (C=O) groups is 1. The summed E-state index contributed by atoms with van der Waals surface area (Å²) in [4.78, 5) is 31.4. The van der Waals surface area contributed by atoms with Crippen LogP contribution in [-0.4, -0.2) is 30.6 Å². The fraction of sp³-hybridized carbons (Fsp3) is 0.222. The molecule has 28 heavy (non-hydrogen) atoms. The first kappa shape index (κ1) is 19.4. The number of nitro benzene ring substituents is 1. The van der Waals surface area contributed by atoms with Crippen molar-refractivity contribution in [1.82, 2.24) is 19.7 Å². The molecular formula is C18H17ClN6O3. The first-order valence-electron chi connectivity index (χ1n) is 8.30. The van der Waals surface area contributed by atoms with Crippen LogP contribution in [0.3, 0.4) is 0 Å². The van der Waals surface area contributed by atoms with E-state index in [0.717, 1.165) is 11.8 Å². The zero-order valence-electron chi connectivity index (χ0n) is 15.4. The maximum Gasteiger partial charge on any atom is 0.288 e. The monoisotopic (exact) mass is 400 g/mol. The van der Waals surface area contributed by atoms with Gasteiger partial charge in [-0.2, -0.15) is 9.78 Å². The van der Waals surface area contributed by atoms with Crippen LogP contribution in [0.1, 0.15) is 36.8 Å². The second kappa shape index (κ2) is 7.35. The molecule has 0 aliphatic rings. The van der Waals surface area contributed by atoms with E-state index in [1.165, 1.54) is 16.8 Å². The minimum Gasteiger partial charge on any atom is -0.306 e. The number of nitrogens with one attached hydrogen (secondary N) is 1. The molecule has 3 rings (SSSR count). The van der Waals surface area contributed by atoms with Gasteiger partial charge in [0.25, 0.3) is 17.5 Å². The van der Waals surface area contributed by atoms with Gasteiger partial charge in [0.15, 0.2) is 0 Å². The number of hydrogen-bond donors (Lipinski definition) is 1. The van der Waals surface area contributed by atoms with Crippen LogP contribution in [-0.2, 0) is 5.41 Å². The minimum atomic E-state index is -0.640. The molecule has 0 spiro atoms. The van der Waals surface area contributed by atoms with E-state index in [0.29, 0.717) is 5.82 Å². The van der Waals surface area contributed by atoms with Crippen molar-refractivity contribution >= 4 is 29.0 Å². The third-order valence-electron chi connectivity index (χ3n) is 3.87. The standard InChI is InChI=1S/C18H17ClN6O3/c1-18(2,3)14-10-15(24(23-14)17-20-7-4-8-21-17)22-16(26)11-5-6-12(19)13(9-11)25(27)28/h4-10H,1-3H3,(H,22,26). The molecule has 0 aliphatic heterocycles. The number of anilines is 1. The van der Waals surface area contributed by atoms with E-state index < -0.39 is 10.8 Å². The smallest absolute Gasteiger partial charge is 0.288 e. The molecule has 1 amide bonds. The van der Waals surface area contributed by atoms with Gasteiger partial charge in [-0.3, -0.25) is 14.9 Å². The lowest BCUT2D eigenvalue weighted by molar-refractivity contribution is -0.384. The van der Waals surface area contributed by atoms with Gasteiger partial charge in [0, 0.05) is 35.5 Å². The Labute approximate surface area is 165 Å². The molecular weight excluding hydrogens is 384 g/mol. The molecule has 0 unspecified atom stereocenters. The molecule has 0 aliphatic carbocycles. The Morgan fingerprint density at radius 2 is 1.89 bits per heavy atom. The number of aromatic nitrogens is 4. The van der Waals surface area contributed by atoms with Crippen molar-refractivity contribution in [3.8, 4) is 5.95 Å². The lowest BCUT2D eigenvalue weighted by Crippen LogP contribution is -2.16. The van der Waals surface area contributed by atoms with Crippen LogP contribution < -0.4 is 5.32 Å². The van der Waals surface area contributed by atoms with Crippen molar-refractivity contribution in [3.63, 3.8) is 0 Å². The highest BCUT2D eigenvalue weighted by Gasteiger charge is 2.23. The van der Waals surface area contributed by atoms with Crippen LogP contribution in [0.2, 0.25) is 5.02 Å². The maximum atomic E-state index is 12.7. The molecule has 1 N–H and O–H groups in total. The van der Waals surface area contributed by atoms with Crippen molar-refractivity contribution in [2.75, 3.05) is 5.32 Å². The van der Waals surface area contributed by atoms with Gasteiger partial charge in [0.1, 0.15) is 10.8 Å². The number of nitrogens with zero attached hydrogens (tertiary/aromatic N) is 5. The molecule has 9 nitrogen and oxygen atoms in total. The Morgan fingerprint density at radius 3 is 2.50 bits per heavy atom. The Balaban J connectivity index is 2.00. The molecule has 2 heterocycles. The van der Waals surface area contributed by atoms with E-state index in [9.17, 15) is 14.9 Å². The molecule has 0 radical (unpaired) electrons. The Kier molecular flexibility index (Phi) is 5.10. The van der Waals surface area contributed by atoms with Gasteiger partial charge in [-0.25, -0.2) is 9.97 Å². The van der Waals surface area contributed by atoms with Gasteiger partial charge in [-0.1, -0.05) is 32.4 Å². The summed E-state index contributed by atoms with van der Waals surface area (Å²) in [5, 5.41) is 18.2. The van der Waals surface area contributed by atoms with Crippen molar-refractivity contribution in [3.05, 3.63) is 69.1 Å². The van der Waals surface area contributed by atoms with Crippen LogP contribution in [0.15, 0.2) is 42.7 Å². The zero-order valence-corrected chi connectivity index (χ0v) is 16.1. The van der Waals surface area contributed by atoms with Crippen LogP contribution in [0, 0.1) is 10.1 Å². The molecule has 10 heteroatoms. The van der Waals surface area contributed by atoms with Crippen LogP contribution in [0.25, 0.3) is 5.95 Å². The second-order valence-corrected chi connectivity index (χ2v) is 7.41. The Bertz CT molecular complexity index is 1040. The van der Waals surface area contributed by atoms with E-state index in [4.69, 9.17) is 11.6 Å². The maximum absolute atomic E-state index is 12.7. The lowest BCUT2D eigenvalue weighted by atomic mass is 9.92. The van der Waals surface area contributed by atoms with Crippen molar-refractivity contribution < 1.29 is 9.72 Å². The lowest BCUT2D eigenvalue weighted by Gasteiger charge is -2.13. The van der Waals surface area contributed by atoms with Crippen LogP contribution in [0.5, 0.6) is 0 Å². The highest BCUT2D eigenvalue weighted by Crippen LogP contribution is 2.27. The summed E-state index contributed by atoms with van der Waals surface area (Å²) in [7, 11) is 0. The quantitative estimate of drug-likeness (QED) is 0.526. The molecule has 2 aromatic heterocycles. The number of hydrogen-bond acceptors (Lipinski definition) is 6. The summed E-state index contributed by atoms with van der Waals surface area (Å²) in [6.45, 7) is 5.96. The largest absolute Gasteiger partial charge is 0.306 e. The highest BCUT2D eigenvalue weighted by atomic mass is 35.5. The molecule has 0 fully saturated rings. The molecule has 0 saturated carbocycles. The van der Waals surface area contributed by atoms with Crippen molar-refractivity contribution in [2.24, 2.45) is 0 Å². The van der Waals surface area contributed by atoms with E-state index in [2.05, 4.69) is 20.4 Å². The summed E-state index contributed by atoms with van der Waals surface area (Å²) < 4.78 is 1.42. The molecule has 1 aromatic carbocycles. The topological polar surface area (TPSA) is 116 Å². The average molecular weight is 401 g/mol. The van der Waals surface area contributed by atoms with Gasteiger partial charge < -0.3 is 5.32 Å². The van der Waals surface area contributed by atoms with Gasteiger partial charge >= 0.3 is 0 Å². The first-order valence-corrected chi connectivity index (χ1v) is 8.68. The van der Waals surface area contributed by atoms with E-state index in [1.807, 2.05) is 20.8 Å². The molecule has 0 bridgehead atoms. The fourth-order valence-electron chi connectivity index (χ4n) is 2.37. The molecule has 144 valence electrons. The van der Waals surface area contributed by atoms with Gasteiger partial charge in [-0.05, 0) is 18.2 Å². The summed E-state index contributed by atoms with van der Waals surface area (Å²) in [6, 6.07) is 7.24. The Morgan fingerprint density at radius 1 is 1.21 bits per heavy atom. The van der Waals surface area contributed by atoms with E-state index in [-0.39, 0.29) is 27.6 Å². The fourth-order valence-corrected chi connectivity index (χ4v) is 2.56. The Hall–Kier alpha value is -3.33. The number of carbonyl (C=O) groups excluding carboxylic acids is 1. The highest BCUT2D eigenvalue weighted by molar-refractivity contribution is 6.32. The SMILES string of the molecule is CC(C)(C)c1cc(NC(=O)c2ccc(Cl)c([N+](=O)[O-])c2)n(-c2ncccn2)n1. The van der Waals surface area contributed by atoms with E-state index in [1.54, 1.807) is 24.5 Å². The number of rotatable bonds is 4. The zero-order chi connectivity index (χ0) is 20.5. The second-order valence-electron chi connectivity index (χ2n) is 7.00. The summed E-state index contributed by atoms with van der Waals surface area (Å²) in [5.41, 5.74) is 0.190. The summed E-state index contributed by atoms with van der Waals surface area (Å²) in [5.74, 6) is 0.0893. The number of amides is 1. The third kappa shape index (κ3) is 3.99. The minimum absolute atomic E-state index is 0.0423. The number of nitro groups is 1. The summed E-state index contributed by atoms with van der Waals surface area (Å²) in [6.07, 6.45) is 3.13. The first-order chi connectivity index (χ1) is 13.2. The molecule has 3 aromatic rings. The summed E-state index contributed by atoms with van der Waals surface area (Å²) >= 11 is 5.81. The molecule has 0 atom stereocenters. The molecule has 0 saturated heterocycles. The van der Waals surface area contributed by atoms with Gasteiger partial charge in [-0.15, -0.1) is 0 Å². The normalized spacial score (nSPS) is 11.3. The van der Waals surface area contributed by atoms with Crippen LogP contribution in [0.4, 0.5) is 11.5 Å². The third-order valence-corrected chi connectivity index (χ3v) is 4.19. The van der Waals surface area contributed by atoms with E-state index >= 15 is 0 Å². The average Bonchev–Trinajstić information content (AvgIpc) is 3.06. The van der Waals surface area contributed by atoms with Crippen LogP contribution >= 0.6 is 11.6 Å². The van der Waals surface area contributed by atoms with Crippen molar-refractivity contribution in [2.45, 2.75) is 26.2 Å². The predicted octanol–water partition coefficient (Wildman–Crippen LogP) is 3.77. The van der Waals surface area contributed by atoms with Gasteiger partial charge in [0.05, 0.1) is 10.6 Å².